The lowest BCUT2D eigenvalue weighted by atomic mass is 10.0. The van der Waals surface area contributed by atoms with Crippen LogP contribution in [0.25, 0.3) is 0 Å². The maximum absolute atomic E-state index is 6.06. The highest BCUT2D eigenvalue weighted by Crippen LogP contribution is 2.20. The van der Waals surface area contributed by atoms with Crippen LogP contribution in [0.3, 0.4) is 0 Å². The molecular formula is C10H19N3. The zero-order valence-corrected chi connectivity index (χ0v) is 8.86. The monoisotopic (exact) mass is 181 g/mol. The van der Waals surface area contributed by atoms with Gasteiger partial charge in [-0.2, -0.15) is 5.10 Å². The Morgan fingerprint density at radius 2 is 1.92 bits per heavy atom. The fourth-order valence-electron chi connectivity index (χ4n) is 1.36. The van der Waals surface area contributed by atoms with E-state index in [1.165, 1.54) is 0 Å². The van der Waals surface area contributed by atoms with Crippen LogP contribution in [0.4, 0.5) is 0 Å². The van der Waals surface area contributed by atoms with E-state index in [1.54, 1.807) is 0 Å². The predicted molar refractivity (Wildman–Crippen MR) is 54.4 cm³/mol. The molecule has 3 heteroatoms. The van der Waals surface area contributed by atoms with Crippen LogP contribution in [-0.4, -0.2) is 9.78 Å². The Kier molecular flexibility index (Phi) is 3.09. The molecule has 0 saturated heterocycles. The summed E-state index contributed by atoms with van der Waals surface area (Å²) in [5.41, 5.74) is 7.19. The van der Waals surface area contributed by atoms with Gasteiger partial charge in [0.2, 0.25) is 0 Å². The Hall–Kier alpha value is -0.830. The van der Waals surface area contributed by atoms with E-state index < -0.39 is 0 Å². The van der Waals surface area contributed by atoms with Gasteiger partial charge >= 0.3 is 0 Å². The minimum absolute atomic E-state index is 0.0879. The molecule has 0 bridgehead atoms. The summed E-state index contributed by atoms with van der Waals surface area (Å²) in [6.07, 6.45) is 1.82. The maximum atomic E-state index is 6.06. The molecule has 0 aliphatic rings. The predicted octanol–water partition coefficient (Wildman–Crippen LogP) is 2.12. The zero-order chi connectivity index (χ0) is 10.0. The van der Waals surface area contributed by atoms with Gasteiger partial charge in [-0.3, -0.25) is 4.68 Å². The van der Waals surface area contributed by atoms with Crippen molar-refractivity contribution in [2.45, 2.75) is 39.8 Å². The molecule has 1 rings (SSSR count). The third-order valence-corrected chi connectivity index (χ3v) is 2.25. The Morgan fingerprint density at radius 3 is 2.38 bits per heavy atom. The van der Waals surface area contributed by atoms with E-state index in [4.69, 9.17) is 5.73 Å². The summed E-state index contributed by atoms with van der Waals surface area (Å²) in [5.74, 6) is 0.453. The second kappa shape index (κ2) is 3.92. The summed E-state index contributed by atoms with van der Waals surface area (Å²) < 4.78 is 1.99. The SMILES string of the molecule is CC(C)C(N)c1ccnn1C(C)C. The van der Waals surface area contributed by atoms with Crippen molar-refractivity contribution in [1.29, 1.82) is 0 Å². The second-order valence-electron chi connectivity index (χ2n) is 4.06. The highest BCUT2D eigenvalue weighted by molar-refractivity contribution is 5.07. The number of rotatable bonds is 3. The number of hydrogen-bond donors (Lipinski definition) is 1. The second-order valence-corrected chi connectivity index (χ2v) is 4.06. The Labute approximate surface area is 79.9 Å². The summed E-state index contributed by atoms with van der Waals surface area (Å²) >= 11 is 0. The van der Waals surface area contributed by atoms with E-state index in [9.17, 15) is 0 Å². The van der Waals surface area contributed by atoms with Crippen LogP contribution in [0.15, 0.2) is 12.3 Å². The molecule has 0 radical (unpaired) electrons. The van der Waals surface area contributed by atoms with Crippen LogP contribution in [0.1, 0.15) is 45.5 Å². The number of aromatic nitrogens is 2. The molecule has 1 atom stereocenters. The van der Waals surface area contributed by atoms with E-state index in [0.29, 0.717) is 12.0 Å². The van der Waals surface area contributed by atoms with Crippen molar-refractivity contribution in [3.05, 3.63) is 18.0 Å². The average molecular weight is 181 g/mol. The standard InChI is InChI=1S/C10H19N3/c1-7(2)10(11)9-5-6-12-13(9)8(3)4/h5-8,10H,11H2,1-4H3. The first-order valence-electron chi connectivity index (χ1n) is 4.83. The molecule has 3 nitrogen and oxygen atoms in total. The van der Waals surface area contributed by atoms with Crippen LogP contribution in [0, 0.1) is 5.92 Å². The zero-order valence-electron chi connectivity index (χ0n) is 8.86. The van der Waals surface area contributed by atoms with Gasteiger partial charge in [0.15, 0.2) is 0 Å². The molecule has 1 unspecified atom stereocenters. The van der Waals surface area contributed by atoms with Crippen molar-refractivity contribution < 1.29 is 0 Å². The molecule has 74 valence electrons. The van der Waals surface area contributed by atoms with Gasteiger partial charge in [-0.1, -0.05) is 13.8 Å². The summed E-state index contributed by atoms with van der Waals surface area (Å²) in [6, 6.07) is 2.48. The number of nitrogens with two attached hydrogens (primary N) is 1. The van der Waals surface area contributed by atoms with Gasteiger partial charge in [0.25, 0.3) is 0 Å². The molecule has 0 aliphatic carbocycles. The molecule has 1 aromatic rings. The van der Waals surface area contributed by atoms with Crippen molar-refractivity contribution in [3.63, 3.8) is 0 Å². The highest BCUT2D eigenvalue weighted by atomic mass is 15.3. The van der Waals surface area contributed by atoms with Gasteiger partial charge in [0, 0.05) is 18.3 Å². The van der Waals surface area contributed by atoms with Gasteiger partial charge in [0.05, 0.1) is 5.69 Å². The lowest BCUT2D eigenvalue weighted by Gasteiger charge is -2.19. The third-order valence-electron chi connectivity index (χ3n) is 2.25. The summed E-state index contributed by atoms with van der Waals surface area (Å²) in [5, 5.41) is 4.26. The van der Waals surface area contributed by atoms with Crippen molar-refractivity contribution in [2.75, 3.05) is 0 Å². The van der Waals surface area contributed by atoms with E-state index in [0.717, 1.165) is 5.69 Å². The fourth-order valence-corrected chi connectivity index (χ4v) is 1.36. The smallest absolute Gasteiger partial charge is 0.0557 e. The van der Waals surface area contributed by atoms with E-state index in [2.05, 4.69) is 32.8 Å². The third kappa shape index (κ3) is 2.10. The van der Waals surface area contributed by atoms with Crippen molar-refractivity contribution >= 4 is 0 Å². The average Bonchev–Trinajstić information content (AvgIpc) is 2.50. The quantitative estimate of drug-likeness (QED) is 0.776. The van der Waals surface area contributed by atoms with Crippen molar-refractivity contribution in [2.24, 2.45) is 11.7 Å². The molecular weight excluding hydrogens is 162 g/mol. The molecule has 2 N–H and O–H groups in total. The lowest BCUT2D eigenvalue weighted by Crippen LogP contribution is -2.21. The van der Waals surface area contributed by atoms with Crippen LogP contribution in [0.5, 0.6) is 0 Å². The summed E-state index contributed by atoms with van der Waals surface area (Å²) in [6.45, 7) is 8.48. The van der Waals surface area contributed by atoms with Crippen LogP contribution in [0.2, 0.25) is 0 Å². The number of nitrogens with zero attached hydrogens (tertiary/aromatic N) is 2. The Bertz CT molecular complexity index is 263. The minimum atomic E-state index is 0.0879. The van der Waals surface area contributed by atoms with Crippen molar-refractivity contribution in [1.82, 2.24) is 9.78 Å². The maximum Gasteiger partial charge on any atom is 0.0557 e. The van der Waals surface area contributed by atoms with Crippen molar-refractivity contribution in [3.8, 4) is 0 Å². The van der Waals surface area contributed by atoms with Gasteiger partial charge in [0.1, 0.15) is 0 Å². The molecule has 0 fully saturated rings. The summed E-state index contributed by atoms with van der Waals surface area (Å²) in [7, 11) is 0. The molecule has 0 spiro atoms. The normalized spacial score (nSPS) is 14.1. The fraction of sp³-hybridized carbons (Fsp3) is 0.700. The number of hydrogen-bond acceptors (Lipinski definition) is 2. The highest BCUT2D eigenvalue weighted by Gasteiger charge is 2.16. The van der Waals surface area contributed by atoms with E-state index >= 15 is 0 Å². The first kappa shape index (κ1) is 10.3. The topological polar surface area (TPSA) is 43.8 Å². The van der Waals surface area contributed by atoms with Crippen LogP contribution in [-0.2, 0) is 0 Å². The largest absolute Gasteiger partial charge is 0.322 e. The van der Waals surface area contributed by atoms with Crippen LogP contribution < -0.4 is 5.73 Å². The molecule has 0 amide bonds. The Balaban J connectivity index is 2.93. The molecule has 0 aliphatic heterocycles. The van der Waals surface area contributed by atoms with Crippen LogP contribution >= 0.6 is 0 Å². The molecule has 1 aromatic heterocycles. The molecule has 13 heavy (non-hydrogen) atoms. The Morgan fingerprint density at radius 1 is 1.31 bits per heavy atom. The van der Waals surface area contributed by atoms with Gasteiger partial charge in [-0.05, 0) is 25.8 Å². The van der Waals surface area contributed by atoms with E-state index in [1.807, 2.05) is 16.9 Å². The minimum Gasteiger partial charge on any atom is -0.322 e. The van der Waals surface area contributed by atoms with Gasteiger partial charge in [-0.25, -0.2) is 0 Å². The first-order chi connectivity index (χ1) is 6.04. The molecule has 0 saturated carbocycles. The summed E-state index contributed by atoms with van der Waals surface area (Å²) in [4.78, 5) is 0. The molecule has 0 aromatic carbocycles. The van der Waals surface area contributed by atoms with E-state index in [-0.39, 0.29) is 6.04 Å². The molecule has 1 heterocycles. The van der Waals surface area contributed by atoms with Gasteiger partial charge < -0.3 is 5.73 Å². The lowest BCUT2D eigenvalue weighted by molar-refractivity contribution is 0.434. The van der Waals surface area contributed by atoms with Gasteiger partial charge in [-0.15, -0.1) is 0 Å². The first-order valence-corrected chi connectivity index (χ1v) is 4.83.